The number of furan rings is 1. The van der Waals surface area contributed by atoms with Crippen molar-refractivity contribution in [3.05, 3.63) is 51.9 Å². The minimum absolute atomic E-state index is 0.150. The number of benzene rings is 1. The molecule has 0 unspecified atom stereocenters. The SMILES string of the molecule is O=C(COc1ccc(Cl)cc1Br)N/N=C/c1ccoc1. The van der Waals surface area contributed by atoms with Crippen molar-refractivity contribution >= 4 is 39.7 Å². The standard InChI is InChI=1S/C13H10BrClN2O3/c14-11-5-10(15)1-2-12(11)20-8-13(18)17-16-6-9-3-4-19-7-9/h1-7H,8H2,(H,17,18)/b16-6+. The summed E-state index contributed by atoms with van der Waals surface area (Å²) in [6.07, 6.45) is 4.50. The Kier molecular flexibility index (Phi) is 5.20. The summed E-state index contributed by atoms with van der Waals surface area (Å²) in [7, 11) is 0. The van der Waals surface area contributed by atoms with Crippen molar-refractivity contribution in [1.82, 2.24) is 5.43 Å². The Labute approximate surface area is 128 Å². The highest BCUT2D eigenvalue weighted by Gasteiger charge is 2.05. The van der Waals surface area contributed by atoms with Gasteiger partial charge in [-0.25, -0.2) is 5.43 Å². The van der Waals surface area contributed by atoms with E-state index in [1.807, 2.05) is 0 Å². The van der Waals surface area contributed by atoms with E-state index in [1.165, 1.54) is 18.7 Å². The predicted octanol–water partition coefficient (Wildman–Crippen LogP) is 3.22. The lowest BCUT2D eigenvalue weighted by atomic mass is 10.3. The zero-order chi connectivity index (χ0) is 14.4. The van der Waals surface area contributed by atoms with Gasteiger partial charge in [0.15, 0.2) is 6.61 Å². The van der Waals surface area contributed by atoms with Gasteiger partial charge >= 0.3 is 0 Å². The molecular weight excluding hydrogens is 348 g/mol. The quantitative estimate of drug-likeness (QED) is 0.660. The fourth-order valence-corrected chi connectivity index (χ4v) is 2.09. The van der Waals surface area contributed by atoms with Crippen LogP contribution in [0.3, 0.4) is 0 Å². The molecule has 20 heavy (non-hydrogen) atoms. The number of carbonyl (C=O) groups is 1. The van der Waals surface area contributed by atoms with Gasteiger partial charge in [0.25, 0.3) is 5.91 Å². The Morgan fingerprint density at radius 2 is 2.35 bits per heavy atom. The third-order valence-electron chi connectivity index (χ3n) is 2.20. The molecule has 0 aliphatic rings. The molecule has 1 amide bonds. The summed E-state index contributed by atoms with van der Waals surface area (Å²) < 4.78 is 10.9. The highest BCUT2D eigenvalue weighted by atomic mass is 79.9. The summed E-state index contributed by atoms with van der Waals surface area (Å²) in [4.78, 5) is 11.5. The van der Waals surface area contributed by atoms with Gasteiger partial charge in [-0.05, 0) is 40.2 Å². The van der Waals surface area contributed by atoms with E-state index in [0.717, 1.165) is 5.56 Å². The Morgan fingerprint density at radius 1 is 1.50 bits per heavy atom. The first-order chi connectivity index (χ1) is 9.65. The minimum Gasteiger partial charge on any atom is -0.483 e. The van der Waals surface area contributed by atoms with E-state index in [-0.39, 0.29) is 12.5 Å². The monoisotopic (exact) mass is 356 g/mol. The molecule has 104 valence electrons. The lowest BCUT2D eigenvalue weighted by Gasteiger charge is -2.07. The van der Waals surface area contributed by atoms with E-state index in [0.29, 0.717) is 15.2 Å². The molecule has 1 N–H and O–H groups in total. The molecule has 0 spiro atoms. The first kappa shape index (κ1) is 14.6. The molecular formula is C13H10BrClN2O3. The van der Waals surface area contributed by atoms with Crippen LogP contribution in [0.1, 0.15) is 5.56 Å². The average Bonchev–Trinajstić information content (AvgIpc) is 2.91. The number of nitrogens with one attached hydrogen (secondary N) is 1. The zero-order valence-electron chi connectivity index (χ0n) is 10.2. The molecule has 0 radical (unpaired) electrons. The molecule has 7 heteroatoms. The fourth-order valence-electron chi connectivity index (χ4n) is 1.30. The predicted molar refractivity (Wildman–Crippen MR) is 79.1 cm³/mol. The number of nitrogens with zero attached hydrogens (tertiary/aromatic N) is 1. The number of ether oxygens (including phenoxy) is 1. The number of hydrazone groups is 1. The Bertz CT molecular complexity index is 614. The van der Waals surface area contributed by atoms with Crippen LogP contribution in [0.4, 0.5) is 0 Å². The second-order valence-electron chi connectivity index (χ2n) is 3.71. The normalized spacial score (nSPS) is 10.7. The van der Waals surface area contributed by atoms with E-state index in [9.17, 15) is 4.79 Å². The van der Waals surface area contributed by atoms with Gasteiger partial charge in [0, 0.05) is 10.6 Å². The van der Waals surface area contributed by atoms with Crippen molar-refractivity contribution in [3.63, 3.8) is 0 Å². The van der Waals surface area contributed by atoms with Gasteiger partial charge in [-0.2, -0.15) is 5.10 Å². The maximum absolute atomic E-state index is 11.5. The maximum atomic E-state index is 11.5. The van der Waals surface area contributed by atoms with Crippen LogP contribution in [0.5, 0.6) is 5.75 Å². The highest BCUT2D eigenvalue weighted by molar-refractivity contribution is 9.10. The van der Waals surface area contributed by atoms with Gasteiger partial charge in [-0.3, -0.25) is 4.79 Å². The number of hydrogen-bond acceptors (Lipinski definition) is 4. The van der Waals surface area contributed by atoms with Gasteiger partial charge in [-0.15, -0.1) is 0 Å². The maximum Gasteiger partial charge on any atom is 0.277 e. The number of carbonyl (C=O) groups excluding carboxylic acids is 1. The van der Waals surface area contributed by atoms with Crippen LogP contribution in [0.15, 0.2) is 50.8 Å². The van der Waals surface area contributed by atoms with Crippen LogP contribution in [-0.2, 0) is 4.79 Å². The number of halogens is 2. The third kappa shape index (κ3) is 4.40. The summed E-state index contributed by atoms with van der Waals surface area (Å²) in [5.41, 5.74) is 3.10. The summed E-state index contributed by atoms with van der Waals surface area (Å²) in [6, 6.07) is 6.76. The Balaban J connectivity index is 1.80. The molecule has 1 aromatic heterocycles. The van der Waals surface area contributed by atoms with Crippen LogP contribution in [0.25, 0.3) is 0 Å². The molecule has 5 nitrogen and oxygen atoms in total. The van der Waals surface area contributed by atoms with Crippen LogP contribution in [-0.4, -0.2) is 18.7 Å². The van der Waals surface area contributed by atoms with Crippen LogP contribution in [0.2, 0.25) is 5.02 Å². The first-order valence-corrected chi connectivity index (χ1v) is 6.74. The van der Waals surface area contributed by atoms with Crippen molar-refractivity contribution < 1.29 is 13.9 Å². The molecule has 1 aromatic carbocycles. The lowest BCUT2D eigenvalue weighted by Crippen LogP contribution is -2.24. The third-order valence-corrected chi connectivity index (χ3v) is 3.05. The van der Waals surface area contributed by atoms with Crippen molar-refractivity contribution in [3.8, 4) is 5.75 Å². The Morgan fingerprint density at radius 3 is 3.05 bits per heavy atom. The smallest absolute Gasteiger partial charge is 0.277 e. The largest absolute Gasteiger partial charge is 0.483 e. The molecule has 0 atom stereocenters. The van der Waals surface area contributed by atoms with Crippen LogP contribution < -0.4 is 10.2 Å². The van der Waals surface area contributed by atoms with Crippen LogP contribution >= 0.6 is 27.5 Å². The lowest BCUT2D eigenvalue weighted by molar-refractivity contribution is -0.123. The van der Waals surface area contributed by atoms with Crippen molar-refractivity contribution in [1.29, 1.82) is 0 Å². The molecule has 0 bridgehead atoms. The van der Waals surface area contributed by atoms with Gasteiger partial charge in [0.1, 0.15) is 5.75 Å². The van der Waals surface area contributed by atoms with Gasteiger partial charge in [0.2, 0.25) is 0 Å². The summed E-state index contributed by atoms with van der Waals surface area (Å²) >= 11 is 9.10. The van der Waals surface area contributed by atoms with Crippen LogP contribution in [0, 0.1) is 0 Å². The molecule has 1 heterocycles. The van der Waals surface area contributed by atoms with E-state index in [4.69, 9.17) is 20.8 Å². The molecule has 2 aromatic rings. The highest BCUT2D eigenvalue weighted by Crippen LogP contribution is 2.27. The molecule has 0 aliphatic heterocycles. The molecule has 2 rings (SSSR count). The van der Waals surface area contributed by atoms with E-state index in [1.54, 1.807) is 24.3 Å². The number of hydrogen-bond donors (Lipinski definition) is 1. The van der Waals surface area contributed by atoms with Gasteiger partial charge < -0.3 is 9.15 Å². The zero-order valence-corrected chi connectivity index (χ0v) is 12.5. The van der Waals surface area contributed by atoms with E-state index < -0.39 is 0 Å². The number of rotatable bonds is 5. The van der Waals surface area contributed by atoms with Crippen molar-refractivity contribution in [2.24, 2.45) is 5.10 Å². The molecule has 0 saturated heterocycles. The second kappa shape index (κ2) is 7.12. The molecule has 0 saturated carbocycles. The average molecular weight is 358 g/mol. The van der Waals surface area contributed by atoms with Gasteiger partial charge in [0.05, 0.1) is 23.2 Å². The fraction of sp³-hybridized carbons (Fsp3) is 0.0769. The van der Waals surface area contributed by atoms with E-state index in [2.05, 4.69) is 26.5 Å². The van der Waals surface area contributed by atoms with Gasteiger partial charge in [-0.1, -0.05) is 11.6 Å². The summed E-state index contributed by atoms with van der Waals surface area (Å²) in [6.45, 7) is -0.150. The second-order valence-corrected chi connectivity index (χ2v) is 5.00. The van der Waals surface area contributed by atoms with Crippen molar-refractivity contribution in [2.75, 3.05) is 6.61 Å². The molecule has 0 fully saturated rings. The molecule has 0 aliphatic carbocycles. The summed E-state index contributed by atoms with van der Waals surface area (Å²) in [5.74, 6) is 0.162. The van der Waals surface area contributed by atoms with E-state index >= 15 is 0 Å². The topological polar surface area (TPSA) is 63.8 Å². The van der Waals surface area contributed by atoms with Crippen molar-refractivity contribution in [2.45, 2.75) is 0 Å². The first-order valence-electron chi connectivity index (χ1n) is 5.57. The minimum atomic E-state index is -0.369. The number of amides is 1. The Hall–Kier alpha value is -1.79. The summed E-state index contributed by atoms with van der Waals surface area (Å²) in [5, 5.41) is 4.35.